The molecule has 2 heterocycles. The fraction of sp³-hybridized carbons (Fsp3) is 0.375. The zero-order valence-corrected chi connectivity index (χ0v) is 12.9. The van der Waals surface area contributed by atoms with Gasteiger partial charge in [0.25, 0.3) is 0 Å². The Balaban J connectivity index is 1.95. The van der Waals surface area contributed by atoms with Crippen LogP contribution >= 0.6 is 12.2 Å². The maximum Gasteiger partial charge on any atom is 0.178 e. The van der Waals surface area contributed by atoms with Crippen LogP contribution in [0.4, 0.5) is 0 Å². The Morgan fingerprint density at radius 2 is 2.14 bits per heavy atom. The lowest BCUT2D eigenvalue weighted by atomic mass is 10.2. The first kappa shape index (κ1) is 14.2. The summed E-state index contributed by atoms with van der Waals surface area (Å²) >= 11 is 5.46. The molecule has 0 amide bonds. The van der Waals surface area contributed by atoms with Crippen molar-refractivity contribution in [1.29, 1.82) is 0 Å². The zero-order valence-electron chi connectivity index (χ0n) is 12.1. The highest BCUT2D eigenvalue weighted by atomic mass is 32.1. The number of nitrogens with one attached hydrogen (secondary N) is 1. The molecule has 5 heteroatoms. The maximum absolute atomic E-state index is 5.55. The molecule has 0 aliphatic heterocycles. The van der Waals surface area contributed by atoms with Crippen molar-refractivity contribution in [2.75, 3.05) is 13.2 Å². The van der Waals surface area contributed by atoms with Gasteiger partial charge in [-0.25, -0.2) is 0 Å². The lowest BCUT2D eigenvalue weighted by Crippen LogP contribution is -2.03. The molecule has 1 N–H and O–H groups in total. The van der Waals surface area contributed by atoms with Gasteiger partial charge in [0.15, 0.2) is 4.77 Å². The second kappa shape index (κ2) is 6.37. The third-order valence-electron chi connectivity index (χ3n) is 3.52. The molecule has 110 valence electrons. The summed E-state index contributed by atoms with van der Waals surface area (Å²) in [6.07, 6.45) is 3.87. The second-order valence-corrected chi connectivity index (χ2v) is 5.47. The first-order valence-electron chi connectivity index (χ1n) is 7.35. The molecule has 0 aliphatic carbocycles. The molecule has 0 radical (unpaired) electrons. The number of aryl methyl sites for hydroxylation is 1. The number of benzene rings is 1. The van der Waals surface area contributed by atoms with E-state index in [9.17, 15) is 0 Å². The number of hydrogen-bond acceptors (Lipinski definition) is 3. The van der Waals surface area contributed by atoms with Crippen LogP contribution in [-0.2, 0) is 11.3 Å². The fourth-order valence-electron chi connectivity index (χ4n) is 2.58. The molecule has 0 saturated carbocycles. The Labute approximate surface area is 128 Å². The second-order valence-electron chi connectivity index (χ2n) is 5.09. The van der Waals surface area contributed by atoms with Gasteiger partial charge in [-0.15, -0.1) is 0 Å². The summed E-state index contributed by atoms with van der Waals surface area (Å²) in [6.45, 7) is 4.57. The van der Waals surface area contributed by atoms with Crippen molar-refractivity contribution < 1.29 is 4.74 Å². The number of rotatable bonds is 6. The summed E-state index contributed by atoms with van der Waals surface area (Å²) < 4.78 is 8.46. The van der Waals surface area contributed by atoms with Crippen LogP contribution in [0, 0.1) is 4.77 Å². The Hall–Kier alpha value is -1.72. The lowest BCUT2D eigenvalue weighted by Gasteiger charge is -2.07. The molecule has 0 aliphatic rings. The highest BCUT2D eigenvalue weighted by Crippen LogP contribution is 2.23. The van der Waals surface area contributed by atoms with Crippen LogP contribution < -0.4 is 0 Å². The van der Waals surface area contributed by atoms with E-state index in [1.54, 1.807) is 0 Å². The Kier molecular flexibility index (Phi) is 4.31. The predicted molar refractivity (Wildman–Crippen MR) is 88.2 cm³/mol. The number of nitrogens with zero attached hydrogens (tertiary/aromatic N) is 2. The van der Waals surface area contributed by atoms with Gasteiger partial charge in [0.2, 0.25) is 0 Å². The minimum Gasteiger partial charge on any atom is -0.381 e. The van der Waals surface area contributed by atoms with Crippen LogP contribution in [0.2, 0.25) is 0 Å². The van der Waals surface area contributed by atoms with Crippen LogP contribution in [0.15, 0.2) is 30.5 Å². The SMILES string of the molecule is CCCOCCCn1c(=S)[nH]c2cnc3ccccc3c21. The third kappa shape index (κ3) is 2.84. The van der Waals surface area contributed by atoms with Crippen molar-refractivity contribution in [3.63, 3.8) is 0 Å². The molecule has 0 atom stereocenters. The molecule has 1 aromatic carbocycles. The van der Waals surface area contributed by atoms with Crippen LogP contribution in [0.1, 0.15) is 19.8 Å². The van der Waals surface area contributed by atoms with Gasteiger partial charge in [-0.1, -0.05) is 25.1 Å². The molecule has 2 aromatic heterocycles. The van der Waals surface area contributed by atoms with E-state index < -0.39 is 0 Å². The number of pyridine rings is 1. The average molecular weight is 301 g/mol. The van der Waals surface area contributed by atoms with Crippen LogP contribution in [0.5, 0.6) is 0 Å². The quantitative estimate of drug-likeness (QED) is 0.551. The summed E-state index contributed by atoms with van der Waals surface area (Å²) in [7, 11) is 0. The number of H-pyrrole nitrogens is 1. The van der Waals surface area contributed by atoms with E-state index in [0.29, 0.717) is 0 Å². The summed E-state index contributed by atoms with van der Waals surface area (Å²) in [6, 6.07) is 8.16. The highest BCUT2D eigenvalue weighted by Gasteiger charge is 2.08. The number of para-hydroxylation sites is 1. The van der Waals surface area contributed by atoms with E-state index in [0.717, 1.165) is 59.3 Å². The van der Waals surface area contributed by atoms with Gasteiger partial charge in [0, 0.05) is 25.1 Å². The van der Waals surface area contributed by atoms with E-state index in [2.05, 4.69) is 27.5 Å². The molecule has 0 spiro atoms. The van der Waals surface area contributed by atoms with Gasteiger partial charge in [-0.05, 0) is 31.1 Å². The van der Waals surface area contributed by atoms with Crippen molar-refractivity contribution in [3.8, 4) is 0 Å². The standard InChI is InChI=1S/C16H19N3OS/c1-2-9-20-10-5-8-19-15-12-6-3-4-7-13(12)17-11-14(15)18-16(19)21/h3-4,6-7,11H,2,5,8-10H2,1H3,(H,18,21). The molecule has 21 heavy (non-hydrogen) atoms. The van der Waals surface area contributed by atoms with Crippen LogP contribution in [0.25, 0.3) is 21.9 Å². The molecule has 3 aromatic rings. The number of hydrogen-bond donors (Lipinski definition) is 1. The number of fused-ring (bicyclic) bond motifs is 3. The van der Waals surface area contributed by atoms with E-state index in [1.165, 1.54) is 0 Å². The van der Waals surface area contributed by atoms with Gasteiger partial charge in [0.05, 0.1) is 22.7 Å². The van der Waals surface area contributed by atoms with Crippen LogP contribution in [0.3, 0.4) is 0 Å². The molecule has 4 nitrogen and oxygen atoms in total. The van der Waals surface area contributed by atoms with E-state index in [1.807, 2.05) is 24.4 Å². The molecule has 0 unspecified atom stereocenters. The summed E-state index contributed by atoms with van der Waals surface area (Å²) in [5.74, 6) is 0. The smallest absolute Gasteiger partial charge is 0.178 e. The van der Waals surface area contributed by atoms with Gasteiger partial charge >= 0.3 is 0 Å². The summed E-state index contributed by atoms with van der Waals surface area (Å²) in [5.41, 5.74) is 3.13. The van der Waals surface area contributed by atoms with E-state index in [4.69, 9.17) is 17.0 Å². The number of ether oxygens (including phenoxy) is 1. The topological polar surface area (TPSA) is 42.8 Å². The van der Waals surface area contributed by atoms with Gasteiger partial charge in [-0.3, -0.25) is 4.98 Å². The first-order chi connectivity index (χ1) is 10.3. The Bertz CT molecular complexity index is 806. The Morgan fingerprint density at radius 3 is 3.00 bits per heavy atom. The molecule has 3 rings (SSSR count). The van der Waals surface area contributed by atoms with Crippen molar-refractivity contribution in [2.45, 2.75) is 26.3 Å². The lowest BCUT2D eigenvalue weighted by molar-refractivity contribution is 0.129. The van der Waals surface area contributed by atoms with E-state index >= 15 is 0 Å². The first-order valence-corrected chi connectivity index (χ1v) is 7.76. The van der Waals surface area contributed by atoms with Crippen molar-refractivity contribution in [1.82, 2.24) is 14.5 Å². The maximum atomic E-state index is 5.55. The molecular weight excluding hydrogens is 282 g/mol. The van der Waals surface area contributed by atoms with Crippen LogP contribution in [-0.4, -0.2) is 27.7 Å². The number of aromatic nitrogens is 3. The largest absolute Gasteiger partial charge is 0.381 e. The molecule has 0 bridgehead atoms. The molecular formula is C16H19N3OS. The normalized spacial score (nSPS) is 11.5. The van der Waals surface area contributed by atoms with Gasteiger partial charge in [-0.2, -0.15) is 0 Å². The number of imidazole rings is 1. The van der Waals surface area contributed by atoms with Gasteiger partial charge in [0.1, 0.15) is 0 Å². The van der Waals surface area contributed by atoms with E-state index in [-0.39, 0.29) is 0 Å². The van der Waals surface area contributed by atoms with Crippen molar-refractivity contribution in [2.24, 2.45) is 0 Å². The highest BCUT2D eigenvalue weighted by molar-refractivity contribution is 7.71. The predicted octanol–water partition coefficient (Wildman–Crippen LogP) is 4.06. The minimum absolute atomic E-state index is 0.749. The minimum atomic E-state index is 0.749. The van der Waals surface area contributed by atoms with Crippen molar-refractivity contribution >= 4 is 34.2 Å². The molecule has 0 fully saturated rings. The van der Waals surface area contributed by atoms with Gasteiger partial charge < -0.3 is 14.3 Å². The summed E-state index contributed by atoms with van der Waals surface area (Å²) in [5, 5.41) is 1.14. The average Bonchev–Trinajstić information content (AvgIpc) is 2.83. The summed E-state index contributed by atoms with van der Waals surface area (Å²) in [4.78, 5) is 7.71. The fourth-order valence-corrected chi connectivity index (χ4v) is 2.87. The monoisotopic (exact) mass is 301 g/mol. The third-order valence-corrected chi connectivity index (χ3v) is 3.85. The molecule has 0 saturated heterocycles. The zero-order chi connectivity index (χ0) is 14.7. The number of aromatic amines is 1. The Morgan fingerprint density at radius 1 is 1.29 bits per heavy atom. The van der Waals surface area contributed by atoms with Crippen molar-refractivity contribution in [3.05, 3.63) is 35.2 Å².